The third kappa shape index (κ3) is 5.51. The minimum atomic E-state index is -0.745. The number of fused-ring (bicyclic) bond motifs is 1. The second-order valence-electron chi connectivity index (χ2n) is 6.28. The number of rotatable bonds is 7. The summed E-state index contributed by atoms with van der Waals surface area (Å²) in [4.78, 5) is 34.5. The van der Waals surface area contributed by atoms with Gasteiger partial charge in [0, 0.05) is 18.5 Å². The normalized spacial score (nSPS) is 13.8. The molecule has 0 aromatic heterocycles. The van der Waals surface area contributed by atoms with E-state index in [2.05, 4.69) is 11.9 Å². The lowest BCUT2D eigenvalue weighted by Gasteiger charge is -2.18. The van der Waals surface area contributed by atoms with E-state index in [9.17, 15) is 14.4 Å². The predicted molar refractivity (Wildman–Crippen MR) is 93.0 cm³/mol. The Labute approximate surface area is 151 Å². The molecule has 1 heterocycles. The Kier molecular flexibility index (Phi) is 6.21. The molecule has 0 saturated heterocycles. The molecule has 1 aliphatic heterocycles. The van der Waals surface area contributed by atoms with E-state index in [0.717, 1.165) is 12.0 Å². The first-order chi connectivity index (χ1) is 12.3. The lowest BCUT2D eigenvalue weighted by Crippen LogP contribution is -2.41. The summed E-state index contributed by atoms with van der Waals surface area (Å²) in [6, 6.07) is 4.77. The predicted octanol–water partition coefficient (Wildman–Crippen LogP) is 1.33. The SMILES string of the molecule is C=CCNC(=O)NC(=O)COC(=O)COc1cccc2c1OC(C)(C)C2. The van der Waals surface area contributed by atoms with Crippen molar-refractivity contribution in [3.8, 4) is 11.5 Å². The van der Waals surface area contributed by atoms with Crippen molar-refractivity contribution in [1.29, 1.82) is 0 Å². The highest BCUT2D eigenvalue weighted by atomic mass is 16.6. The average molecular weight is 362 g/mol. The summed E-state index contributed by atoms with van der Waals surface area (Å²) in [5, 5.41) is 4.37. The van der Waals surface area contributed by atoms with Gasteiger partial charge in [-0.3, -0.25) is 10.1 Å². The average Bonchev–Trinajstić information content (AvgIpc) is 2.90. The topological polar surface area (TPSA) is 103 Å². The third-order valence-electron chi connectivity index (χ3n) is 3.42. The fourth-order valence-electron chi connectivity index (χ4n) is 2.40. The summed E-state index contributed by atoms with van der Waals surface area (Å²) >= 11 is 0. The zero-order valence-corrected chi connectivity index (χ0v) is 14.8. The van der Waals surface area contributed by atoms with Crippen LogP contribution in [0.2, 0.25) is 0 Å². The van der Waals surface area contributed by atoms with Crippen LogP contribution in [0.25, 0.3) is 0 Å². The Hall–Kier alpha value is -3.03. The number of hydrogen-bond donors (Lipinski definition) is 2. The van der Waals surface area contributed by atoms with E-state index in [1.165, 1.54) is 6.08 Å². The Balaban J connectivity index is 1.77. The van der Waals surface area contributed by atoms with Gasteiger partial charge in [-0.25, -0.2) is 9.59 Å². The highest BCUT2D eigenvalue weighted by Gasteiger charge is 2.32. The number of hydrogen-bond acceptors (Lipinski definition) is 6. The van der Waals surface area contributed by atoms with Gasteiger partial charge < -0.3 is 19.5 Å². The molecular formula is C18H22N2O6. The van der Waals surface area contributed by atoms with Crippen LogP contribution in [0, 0.1) is 0 Å². The second-order valence-corrected chi connectivity index (χ2v) is 6.28. The highest BCUT2D eigenvalue weighted by molar-refractivity contribution is 5.95. The molecule has 0 aliphatic carbocycles. The fourth-order valence-corrected chi connectivity index (χ4v) is 2.40. The molecule has 26 heavy (non-hydrogen) atoms. The molecule has 140 valence electrons. The molecule has 0 spiro atoms. The van der Waals surface area contributed by atoms with Gasteiger partial charge in [-0.1, -0.05) is 18.2 Å². The zero-order valence-electron chi connectivity index (χ0n) is 14.8. The van der Waals surface area contributed by atoms with Crippen molar-refractivity contribution in [3.05, 3.63) is 36.4 Å². The lowest BCUT2D eigenvalue weighted by molar-refractivity contribution is -0.150. The second kappa shape index (κ2) is 8.37. The Bertz CT molecular complexity index is 714. The number of esters is 1. The first-order valence-corrected chi connectivity index (χ1v) is 8.08. The van der Waals surface area contributed by atoms with Crippen molar-refractivity contribution in [3.63, 3.8) is 0 Å². The molecule has 3 amide bonds. The summed E-state index contributed by atoms with van der Waals surface area (Å²) in [7, 11) is 0. The number of carbonyl (C=O) groups excluding carboxylic acids is 3. The molecular weight excluding hydrogens is 340 g/mol. The number of ether oxygens (including phenoxy) is 3. The molecule has 2 N–H and O–H groups in total. The van der Waals surface area contributed by atoms with Crippen molar-refractivity contribution in [1.82, 2.24) is 10.6 Å². The monoisotopic (exact) mass is 362 g/mol. The highest BCUT2D eigenvalue weighted by Crippen LogP contribution is 2.41. The van der Waals surface area contributed by atoms with Crippen LogP contribution in [0.3, 0.4) is 0 Å². The summed E-state index contributed by atoms with van der Waals surface area (Å²) in [6.45, 7) is 6.61. The summed E-state index contributed by atoms with van der Waals surface area (Å²) in [5.74, 6) is -0.424. The Morgan fingerprint density at radius 3 is 2.81 bits per heavy atom. The van der Waals surface area contributed by atoms with Crippen LogP contribution in [-0.2, 0) is 20.7 Å². The Morgan fingerprint density at radius 1 is 1.31 bits per heavy atom. The number of para-hydroxylation sites is 1. The quantitative estimate of drug-likeness (QED) is 0.560. The van der Waals surface area contributed by atoms with Gasteiger partial charge >= 0.3 is 12.0 Å². The molecule has 8 heteroatoms. The van der Waals surface area contributed by atoms with E-state index in [1.54, 1.807) is 6.07 Å². The van der Waals surface area contributed by atoms with Crippen molar-refractivity contribution in [2.45, 2.75) is 25.9 Å². The van der Waals surface area contributed by atoms with Crippen LogP contribution in [0.4, 0.5) is 4.79 Å². The van der Waals surface area contributed by atoms with Crippen LogP contribution in [0.5, 0.6) is 11.5 Å². The zero-order chi connectivity index (χ0) is 19.2. The van der Waals surface area contributed by atoms with Gasteiger partial charge in [0.05, 0.1) is 0 Å². The van der Waals surface area contributed by atoms with Gasteiger partial charge in [-0.15, -0.1) is 6.58 Å². The van der Waals surface area contributed by atoms with Gasteiger partial charge in [-0.05, 0) is 19.9 Å². The molecule has 0 bridgehead atoms. The van der Waals surface area contributed by atoms with Crippen LogP contribution in [-0.4, -0.2) is 43.3 Å². The molecule has 1 aromatic carbocycles. The molecule has 0 unspecified atom stereocenters. The van der Waals surface area contributed by atoms with Gasteiger partial charge in [0.1, 0.15) is 5.60 Å². The lowest BCUT2D eigenvalue weighted by atomic mass is 10.0. The van der Waals surface area contributed by atoms with Gasteiger partial charge in [-0.2, -0.15) is 0 Å². The summed E-state index contributed by atoms with van der Waals surface area (Å²) in [5.41, 5.74) is 0.679. The van der Waals surface area contributed by atoms with E-state index in [1.807, 2.05) is 31.3 Å². The van der Waals surface area contributed by atoms with Gasteiger partial charge in [0.15, 0.2) is 24.7 Å². The van der Waals surface area contributed by atoms with E-state index in [0.29, 0.717) is 11.5 Å². The maximum absolute atomic E-state index is 11.7. The van der Waals surface area contributed by atoms with Crippen molar-refractivity contribution in [2.75, 3.05) is 19.8 Å². The summed E-state index contributed by atoms with van der Waals surface area (Å²) < 4.78 is 16.1. The minimum absolute atomic E-state index is 0.215. The number of carbonyl (C=O) groups is 3. The molecule has 1 aromatic rings. The van der Waals surface area contributed by atoms with E-state index >= 15 is 0 Å². The van der Waals surface area contributed by atoms with Crippen LogP contribution >= 0.6 is 0 Å². The van der Waals surface area contributed by atoms with E-state index < -0.39 is 24.5 Å². The molecule has 8 nitrogen and oxygen atoms in total. The minimum Gasteiger partial charge on any atom is -0.483 e. The number of urea groups is 1. The number of benzene rings is 1. The maximum atomic E-state index is 11.7. The smallest absolute Gasteiger partial charge is 0.344 e. The molecule has 1 aliphatic rings. The molecule has 2 rings (SSSR count). The van der Waals surface area contributed by atoms with Crippen LogP contribution < -0.4 is 20.1 Å². The van der Waals surface area contributed by atoms with Crippen molar-refractivity contribution >= 4 is 17.9 Å². The number of nitrogens with one attached hydrogen (secondary N) is 2. The molecule has 0 radical (unpaired) electrons. The van der Waals surface area contributed by atoms with Gasteiger partial charge in [0.2, 0.25) is 0 Å². The standard InChI is InChI=1S/C18H22N2O6/c1-4-8-19-17(23)20-14(21)10-25-15(22)11-24-13-7-5-6-12-9-18(2,3)26-16(12)13/h4-7H,1,8-11H2,2-3H3,(H2,19,20,21,23). The number of amides is 3. The molecule has 0 saturated carbocycles. The molecule has 0 atom stereocenters. The van der Waals surface area contributed by atoms with Crippen LogP contribution in [0.1, 0.15) is 19.4 Å². The Morgan fingerprint density at radius 2 is 2.08 bits per heavy atom. The van der Waals surface area contributed by atoms with E-state index in [4.69, 9.17) is 14.2 Å². The first-order valence-electron chi connectivity index (χ1n) is 8.08. The van der Waals surface area contributed by atoms with E-state index in [-0.39, 0.29) is 18.8 Å². The van der Waals surface area contributed by atoms with Gasteiger partial charge in [0.25, 0.3) is 5.91 Å². The summed E-state index contributed by atoms with van der Waals surface area (Å²) in [6.07, 6.45) is 2.21. The fraction of sp³-hybridized carbons (Fsp3) is 0.389. The third-order valence-corrected chi connectivity index (χ3v) is 3.42. The molecule has 0 fully saturated rings. The van der Waals surface area contributed by atoms with Crippen LogP contribution in [0.15, 0.2) is 30.9 Å². The van der Waals surface area contributed by atoms with Crippen molar-refractivity contribution in [2.24, 2.45) is 0 Å². The largest absolute Gasteiger partial charge is 0.483 e. The van der Waals surface area contributed by atoms with Crippen molar-refractivity contribution < 1.29 is 28.6 Å². The number of imide groups is 1. The first kappa shape index (κ1) is 19.3. The maximum Gasteiger partial charge on any atom is 0.344 e.